The van der Waals surface area contributed by atoms with Crippen LogP contribution in [0.3, 0.4) is 0 Å². The fourth-order valence-electron chi connectivity index (χ4n) is 4.53. The van der Waals surface area contributed by atoms with Crippen LogP contribution in [0.4, 0.5) is 5.82 Å². The Morgan fingerprint density at radius 2 is 2.00 bits per heavy atom. The highest BCUT2D eigenvalue weighted by atomic mass is 16.5. The Kier molecular flexibility index (Phi) is 8.32. The first-order chi connectivity index (χ1) is 17.5. The van der Waals surface area contributed by atoms with Crippen LogP contribution in [0.25, 0.3) is 5.52 Å². The molecule has 0 saturated heterocycles. The van der Waals surface area contributed by atoms with Crippen LogP contribution in [0, 0.1) is 0 Å². The third kappa shape index (κ3) is 5.91. The lowest BCUT2D eigenvalue weighted by molar-refractivity contribution is -0.141. The van der Waals surface area contributed by atoms with Crippen molar-refractivity contribution in [3.05, 3.63) is 71.7 Å². The summed E-state index contributed by atoms with van der Waals surface area (Å²) in [5, 5.41) is 7.88. The number of amides is 1. The Morgan fingerprint density at radius 1 is 1.22 bits per heavy atom. The fourth-order valence-corrected chi connectivity index (χ4v) is 4.53. The first-order valence-corrected chi connectivity index (χ1v) is 12.5. The smallest absolute Gasteiger partial charge is 0.302 e. The van der Waals surface area contributed by atoms with Crippen molar-refractivity contribution in [1.29, 1.82) is 0 Å². The molecule has 3 heterocycles. The van der Waals surface area contributed by atoms with Crippen molar-refractivity contribution in [1.82, 2.24) is 24.4 Å². The second-order valence-electron chi connectivity index (χ2n) is 8.84. The maximum atomic E-state index is 12.8. The van der Waals surface area contributed by atoms with E-state index < -0.39 is 0 Å². The zero-order chi connectivity index (χ0) is 25.5. The first-order valence-electron chi connectivity index (χ1n) is 12.5. The lowest BCUT2D eigenvalue weighted by Crippen LogP contribution is -2.34. The van der Waals surface area contributed by atoms with E-state index in [9.17, 15) is 9.59 Å². The summed E-state index contributed by atoms with van der Waals surface area (Å²) in [6.45, 7) is 9.68. The summed E-state index contributed by atoms with van der Waals surface area (Å²) in [7, 11) is 0. The summed E-state index contributed by atoms with van der Waals surface area (Å²) >= 11 is 0. The van der Waals surface area contributed by atoms with Crippen LogP contribution < -0.4 is 5.32 Å². The Balaban J connectivity index is 1.54. The molecule has 0 aliphatic carbocycles. The van der Waals surface area contributed by atoms with Gasteiger partial charge in [-0.2, -0.15) is 5.10 Å². The van der Waals surface area contributed by atoms with Crippen molar-refractivity contribution in [2.75, 3.05) is 38.1 Å². The van der Waals surface area contributed by atoms with E-state index in [-0.39, 0.29) is 24.5 Å². The standard InChI is InChI=1S/C27H34N6O3/c1-4-31(5-2)14-9-12-25(35)32-15-13-23-22(16-32)17-33-26(23)27(28-19-29-33)30-24(18-36-20(3)34)21-10-7-6-8-11-21/h6-12,17,19,24H,4-5,13-16,18H2,1-3H3,(H,28,29,30)/b12-9+/t24-/m1/s1. The Labute approximate surface area is 211 Å². The summed E-state index contributed by atoms with van der Waals surface area (Å²) in [4.78, 5) is 33.0. The minimum Gasteiger partial charge on any atom is -0.463 e. The first kappa shape index (κ1) is 25.4. The largest absolute Gasteiger partial charge is 0.463 e. The Morgan fingerprint density at radius 3 is 2.72 bits per heavy atom. The molecule has 0 unspecified atom stereocenters. The minimum absolute atomic E-state index is 0.0259. The predicted molar refractivity (Wildman–Crippen MR) is 138 cm³/mol. The van der Waals surface area contributed by atoms with Gasteiger partial charge >= 0.3 is 5.97 Å². The zero-order valence-corrected chi connectivity index (χ0v) is 21.2. The number of rotatable bonds is 10. The van der Waals surface area contributed by atoms with E-state index in [1.165, 1.54) is 13.3 Å². The molecule has 1 aromatic carbocycles. The second kappa shape index (κ2) is 11.8. The van der Waals surface area contributed by atoms with E-state index in [2.05, 4.69) is 34.1 Å². The maximum absolute atomic E-state index is 12.8. The molecule has 190 valence electrons. The zero-order valence-electron chi connectivity index (χ0n) is 21.2. The Hall–Kier alpha value is -3.72. The molecular weight excluding hydrogens is 456 g/mol. The maximum Gasteiger partial charge on any atom is 0.302 e. The molecule has 0 fully saturated rings. The number of fused-ring (bicyclic) bond motifs is 3. The average Bonchev–Trinajstić information content (AvgIpc) is 3.28. The van der Waals surface area contributed by atoms with Gasteiger partial charge in [0.1, 0.15) is 18.5 Å². The number of hydrogen-bond acceptors (Lipinski definition) is 7. The molecule has 1 N–H and O–H groups in total. The normalized spacial score (nSPS) is 14.3. The number of nitrogens with one attached hydrogen (secondary N) is 1. The van der Waals surface area contributed by atoms with Crippen LogP contribution in [0.1, 0.15) is 43.5 Å². The second-order valence-corrected chi connectivity index (χ2v) is 8.84. The van der Waals surface area contributed by atoms with Gasteiger partial charge in [0.25, 0.3) is 0 Å². The van der Waals surface area contributed by atoms with E-state index in [1.54, 1.807) is 6.08 Å². The van der Waals surface area contributed by atoms with Crippen LogP contribution in [0.15, 0.2) is 55.0 Å². The van der Waals surface area contributed by atoms with Gasteiger partial charge in [-0.1, -0.05) is 50.3 Å². The highest BCUT2D eigenvalue weighted by molar-refractivity contribution is 5.88. The Bertz CT molecular complexity index is 1220. The summed E-state index contributed by atoms with van der Waals surface area (Å²) < 4.78 is 7.15. The van der Waals surface area contributed by atoms with Crippen molar-refractivity contribution in [3.63, 3.8) is 0 Å². The molecule has 9 nitrogen and oxygen atoms in total. The number of hydrogen-bond donors (Lipinski definition) is 1. The molecule has 0 saturated carbocycles. The monoisotopic (exact) mass is 490 g/mol. The lowest BCUT2D eigenvalue weighted by atomic mass is 10.0. The van der Waals surface area contributed by atoms with Gasteiger partial charge in [-0.3, -0.25) is 9.59 Å². The molecule has 4 rings (SSSR count). The topological polar surface area (TPSA) is 92.1 Å². The quantitative estimate of drug-likeness (QED) is 0.345. The third-order valence-corrected chi connectivity index (χ3v) is 6.56. The summed E-state index contributed by atoms with van der Waals surface area (Å²) in [5.74, 6) is 0.366. The summed E-state index contributed by atoms with van der Waals surface area (Å²) in [5.41, 5.74) is 4.07. The van der Waals surface area contributed by atoms with Gasteiger partial charge in [0.15, 0.2) is 5.82 Å². The van der Waals surface area contributed by atoms with Gasteiger partial charge in [-0.15, -0.1) is 0 Å². The lowest BCUT2D eigenvalue weighted by Gasteiger charge is -2.26. The highest BCUT2D eigenvalue weighted by Crippen LogP contribution is 2.30. The van der Waals surface area contributed by atoms with Crippen molar-refractivity contribution >= 4 is 23.2 Å². The number of carbonyl (C=O) groups is 2. The molecule has 36 heavy (non-hydrogen) atoms. The number of carbonyl (C=O) groups excluding carboxylic acids is 2. The van der Waals surface area contributed by atoms with Gasteiger partial charge in [0.2, 0.25) is 5.91 Å². The van der Waals surface area contributed by atoms with E-state index in [0.29, 0.717) is 25.3 Å². The summed E-state index contributed by atoms with van der Waals surface area (Å²) in [6.07, 6.45) is 7.82. The average molecular weight is 491 g/mol. The summed E-state index contributed by atoms with van der Waals surface area (Å²) in [6, 6.07) is 9.57. The molecule has 2 aromatic heterocycles. The van der Waals surface area contributed by atoms with Crippen molar-refractivity contribution in [3.8, 4) is 0 Å². The van der Waals surface area contributed by atoms with E-state index >= 15 is 0 Å². The van der Waals surface area contributed by atoms with Gasteiger partial charge in [-0.25, -0.2) is 9.50 Å². The molecule has 0 spiro atoms. The van der Waals surface area contributed by atoms with Crippen molar-refractivity contribution in [2.24, 2.45) is 0 Å². The van der Waals surface area contributed by atoms with Crippen LogP contribution in [-0.2, 0) is 27.3 Å². The number of nitrogens with zero attached hydrogens (tertiary/aromatic N) is 5. The molecule has 1 atom stereocenters. The highest BCUT2D eigenvalue weighted by Gasteiger charge is 2.25. The molecule has 1 amide bonds. The van der Waals surface area contributed by atoms with Crippen molar-refractivity contribution in [2.45, 2.75) is 39.8 Å². The number of anilines is 1. The third-order valence-electron chi connectivity index (χ3n) is 6.56. The van der Waals surface area contributed by atoms with E-state index in [4.69, 9.17) is 4.74 Å². The number of ether oxygens (including phenoxy) is 1. The van der Waals surface area contributed by atoms with Gasteiger partial charge in [-0.05, 0) is 36.2 Å². The van der Waals surface area contributed by atoms with Crippen LogP contribution in [0.2, 0.25) is 0 Å². The van der Waals surface area contributed by atoms with Crippen molar-refractivity contribution < 1.29 is 14.3 Å². The van der Waals surface area contributed by atoms with Crippen LogP contribution >= 0.6 is 0 Å². The fraction of sp³-hybridized carbons (Fsp3) is 0.407. The predicted octanol–water partition coefficient (Wildman–Crippen LogP) is 3.23. The molecule has 3 aromatic rings. The van der Waals surface area contributed by atoms with E-state index in [0.717, 1.165) is 41.8 Å². The number of aromatic nitrogens is 3. The van der Waals surface area contributed by atoms with Gasteiger partial charge < -0.3 is 19.9 Å². The number of esters is 1. The van der Waals surface area contributed by atoms with E-state index in [1.807, 2.05) is 52.0 Å². The number of benzene rings is 1. The SMILES string of the molecule is CCN(CC)C/C=C/C(=O)N1CCc2c(cn3ncnc(N[C@H](COC(C)=O)c4ccccc4)c23)C1. The number of likely N-dealkylation sites (N-methyl/N-ethyl adjacent to an activating group) is 1. The van der Waals surface area contributed by atoms with Crippen LogP contribution in [-0.4, -0.2) is 69.1 Å². The van der Waals surface area contributed by atoms with Crippen LogP contribution in [0.5, 0.6) is 0 Å². The van der Waals surface area contributed by atoms with Gasteiger partial charge in [0, 0.05) is 38.8 Å². The molecule has 1 aliphatic rings. The molecule has 9 heteroatoms. The van der Waals surface area contributed by atoms with Gasteiger partial charge in [0.05, 0.1) is 6.04 Å². The molecule has 1 aliphatic heterocycles. The molecular formula is C27H34N6O3. The molecule has 0 radical (unpaired) electrons. The minimum atomic E-state index is -0.332. The molecule has 0 bridgehead atoms.